The first-order valence-corrected chi connectivity index (χ1v) is 6.40. The van der Waals surface area contributed by atoms with Crippen LogP contribution < -0.4 is 15.6 Å². The molecule has 0 amide bonds. The van der Waals surface area contributed by atoms with Gasteiger partial charge in [0.25, 0.3) is 0 Å². The molecule has 17 heavy (non-hydrogen) atoms. The standard InChI is InChI=1S/C13H15BrN2O/c1-2-3-8-13(15-16-13)9-10-17-12-6-4-11(14)5-7-12/h1,4-7,15-16H,3,8-10H2. The smallest absolute Gasteiger partial charge is 0.119 e. The second-order valence-electron chi connectivity index (χ2n) is 4.09. The van der Waals surface area contributed by atoms with E-state index in [4.69, 9.17) is 11.2 Å². The number of halogens is 1. The van der Waals surface area contributed by atoms with E-state index in [9.17, 15) is 0 Å². The molecule has 0 unspecified atom stereocenters. The van der Waals surface area contributed by atoms with Gasteiger partial charge in [-0.25, -0.2) is 10.9 Å². The van der Waals surface area contributed by atoms with Crippen LogP contribution in [0.15, 0.2) is 28.7 Å². The van der Waals surface area contributed by atoms with Crippen molar-refractivity contribution in [3.8, 4) is 18.1 Å². The Hall–Kier alpha value is -1.02. The third kappa shape index (κ3) is 3.74. The van der Waals surface area contributed by atoms with Crippen molar-refractivity contribution in [2.24, 2.45) is 0 Å². The van der Waals surface area contributed by atoms with Gasteiger partial charge in [-0.2, -0.15) is 0 Å². The predicted octanol–water partition coefficient (Wildman–Crippen LogP) is 2.44. The molecular weight excluding hydrogens is 280 g/mol. The summed E-state index contributed by atoms with van der Waals surface area (Å²) in [6.45, 7) is 0.673. The summed E-state index contributed by atoms with van der Waals surface area (Å²) in [7, 11) is 0. The van der Waals surface area contributed by atoms with E-state index in [2.05, 4.69) is 32.7 Å². The van der Waals surface area contributed by atoms with Crippen LogP contribution in [0.3, 0.4) is 0 Å². The van der Waals surface area contributed by atoms with Gasteiger partial charge in [-0.05, 0) is 30.7 Å². The Morgan fingerprint density at radius 1 is 1.24 bits per heavy atom. The second kappa shape index (κ2) is 5.54. The van der Waals surface area contributed by atoms with Crippen LogP contribution >= 0.6 is 15.9 Å². The fourth-order valence-electron chi connectivity index (χ4n) is 1.62. The molecule has 1 aliphatic heterocycles. The van der Waals surface area contributed by atoms with Crippen molar-refractivity contribution < 1.29 is 4.74 Å². The predicted molar refractivity (Wildman–Crippen MR) is 71.3 cm³/mol. The lowest BCUT2D eigenvalue weighted by Gasteiger charge is -2.11. The summed E-state index contributed by atoms with van der Waals surface area (Å²) >= 11 is 3.39. The molecule has 0 aliphatic carbocycles. The number of terminal acetylenes is 1. The summed E-state index contributed by atoms with van der Waals surface area (Å²) < 4.78 is 6.72. The van der Waals surface area contributed by atoms with Crippen molar-refractivity contribution in [3.63, 3.8) is 0 Å². The molecule has 4 heteroatoms. The fourth-order valence-corrected chi connectivity index (χ4v) is 1.89. The zero-order chi connectivity index (χ0) is 12.1. The molecule has 0 bridgehead atoms. The number of benzene rings is 1. The lowest BCUT2D eigenvalue weighted by Crippen LogP contribution is -2.21. The second-order valence-corrected chi connectivity index (χ2v) is 5.00. The molecule has 1 aromatic carbocycles. The van der Waals surface area contributed by atoms with Gasteiger partial charge in [0.05, 0.1) is 12.3 Å². The molecule has 0 atom stereocenters. The topological polar surface area (TPSA) is 53.1 Å². The molecule has 0 aromatic heterocycles. The molecule has 0 radical (unpaired) electrons. The normalized spacial score (nSPS) is 16.2. The van der Waals surface area contributed by atoms with E-state index in [1.807, 2.05) is 24.3 Å². The van der Waals surface area contributed by atoms with Crippen molar-refractivity contribution >= 4 is 15.9 Å². The molecule has 1 aliphatic rings. The average Bonchev–Trinajstić information content (AvgIpc) is 3.10. The van der Waals surface area contributed by atoms with E-state index < -0.39 is 0 Å². The van der Waals surface area contributed by atoms with Crippen molar-refractivity contribution in [1.29, 1.82) is 0 Å². The lowest BCUT2D eigenvalue weighted by molar-refractivity contribution is 0.284. The Morgan fingerprint density at radius 2 is 1.94 bits per heavy atom. The summed E-state index contributed by atoms with van der Waals surface area (Å²) in [6.07, 6.45) is 7.88. The quantitative estimate of drug-likeness (QED) is 0.626. The van der Waals surface area contributed by atoms with Gasteiger partial charge in [-0.15, -0.1) is 12.3 Å². The Labute approximate surface area is 110 Å². The molecular formula is C13H15BrN2O. The maximum Gasteiger partial charge on any atom is 0.119 e. The zero-order valence-corrected chi connectivity index (χ0v) is 11.1. The van der Waals surface area contributed by atoms with Gasteiger partial charge in [0.1, 0.15) is 5.75 Å². The highest BCUT2D eigenvalue weighted by atomic mass is 79.9. The molecule has 1 aromatic rings. The van der Waals surface area contributed by atoms with E-state index >= 15 is 0 Å². The highest BCUT2D eigenvalue weighted by Gasteiger charge is 2.40. The highest BCUT2D eigenvalue weighted by molar-refractivity contribution is 9.10. The van der Waals surface area contributed by atoms with Crippen LogP contribution in [-0.4, -0.2) is 12.3 Å². The van der Waals surface area contributed by atoms with Gasteiger partial charge < -0.3 is 4.74 Å². The van der Waals surface area contributed by atoms with E-state index in [1.165, 1.54) is 0 Å². The Kier molecular flexibility index (Phi) is 4.06. The van der Waals surface area contributed by atoms with Crippen LogP contribution in [0.4, 0.5) is 0 Å². The van der Waals surface area contributed by atoms with Crippen LogP contribution in [0.5, 0.6) is 5.75 Å². The molecule has 0 spiro atoms. The van der Waals surface area contributed by atoms with Crippen LogP contribution in [0.2, 0.25) is 0 Å². The molecule has 1 heterocycles. The van der Waals surface area contributed by atoms with Crippen LogP contribution in [0.25, 0.3) is 0 Å². The largest absolute Gasteiger partial charge is 0.493 e. The summed E-state index contributed by atoms with van der Waals surface area (Å²) in [5, 5.41) is 0. The maximum atomic E-state index is 5.66. The van der Waals surface area contributed by atoms with E-state index in [-0.39, 0.29) is 5.66 Å². The first kappa shape index (κ1) is 12.4. The fraction of sp³-hybridized carbons (Fsp3) is 0.385. The third-order valence-corrected chi connectivity index (χ3v) is 3.31. The Bertz CT molecular complexity index is 406. The number of hydrazine groups is 1. The van der Waals surface area contributed by atoms with Gasteiger partial charge >= 0.3 is 0 Å². The Balaban J connectivity index is 1.73. The van der Waals surface area contributed by atoms with E-state index in [1.54, 1.807) is 0 Å². The van der Waals surface area contributed by atoms with E-state index in [0.29, 0.717) is 6.61 Å². The van der Waals surface area contributed by atoms with E-state index in [0.717, 1.165) is 29.5 Å². The summed E-state index contributed by atoms with van der Waals surface area (Å²) in [5.74, 6) is 3.54. The molecule has 0 saturated carbocycles. The first-order chi connectivity index (χ1) is 8.24. The number of ether oxygens (including phenoxy) is 1. The van der Waals surface area contributed by atoms with Gasteiger partial charge in [-0.3, -0.25) is 0 Å². The maximum absolute atomic E-state index is 5.66. The van der Waals surface area contributed by atoms with Crippen LogP contribution in [-0.2, 0) is 0 Å². The summed E-state index contributed by atoms with van der Waals surface area (Å²) in [6, 6.07) is 7.84. The van der Waals surface area contributed by atoms with Crippen molar-refractivity contribution in [1.82, 2.24) is 10.9 Å². The van der Waals surface area contributed by atoms with Crippen LogP contribution in [0, 0.1) is 12.3 Å². The van der Waals surface area contributed by atoms with Crippen molar-refractivity contribution in [3.05, 3.63) is 28.7 Å². The molecule has 1 fully saturated rings. The van der Waals surface area contributed by atoms with Crippen LogP contribution in [0.1, 0.15) is 19.3 Å². The number of hydrogen-bond acceptors (Lipinski definition) is 3. The van der Waals surface area contributed by atoms with Gasteiger partial charge in [0, 0.05) is 17.3 Å². The lowest BCUT2D eigenvalue weighted by atomic mass is 10.1. The van der Waals surface area contributed by atoms with Crippen molar-refractivity contribution in [2.75, 3.05) is 6.61 Å². The SMILES string of the molecule is C#CCCC1(CCOc2ccc(Br)cc2)NN1. The molecule has 1 saturated heterocycles. The minimum absolute atomic E-state index is 0.00172. The minimum Gasteiger partial charge on any atom is -0.493 e. The molecule has 90 valence electrons. The van der Waals surface area contributed by atoms with Crippen molar-refractivity contribution in [2.45, 2.75) is 24.9 Å². The average molecular weight is 295 g/mol. The first-order valence-electron chi connectivity index (χ1n) is 5.60. The van der Waals surface area contributed by atoms with Gasteiger partial charge in [0.15, 0.2) is 0 Å². The third-order valence-electron chi connectivity index (χ3n) is 2.79. The molecule has 2 rings (SSSR count). The minimum atomic E-state index is 0.00172. The molecule has 2 N–H and O–H groups in total. The zero-order valence-electron chi connectivity index (χ0n) is 9.50. The number of rotatable bonds is 6. The number of hydrogen-bond donors (Lipinski definition) is 2. The summed E-state index contributed by atoms with van der Waals surface area (Å²) in [4.78, 5) is 0. The van der Waals surface area contributed by atoms with Gasteiger partial charge in [-0.1, -0.05) is 15.9 Å². The number of nitrogens with one attached hydrogen (secondary N) is 2. The summed E-state index contributed by atoms with van der Waals surface area (Å²) in [5.41, 5.74) is 6.29. The Morgan fingerprint density at radius 3 is 2.53 bits per heavy atom. The highest BCUT2D eigenvalue weighted by Crippen LogP contribution is 2.23. The molecule has 3 nitrogen and oxygen atoms in total. The van der Waals surface area contributed by atoms with Gasteiger partial charge in [0.2, 0.25) is 0 Å². The monoisotopic (exact) mass is 294 g/mol.